The number of benzene rings is 2. The van der Waals surface area contributed by atoms with Crippen molar-refractivity contribution in [2.75, 3.05) is 5.32 Å². The zero-order chi connectivity index (χ0) is 14.7. The van der Waals surface area contributed by atoms with E-state index in [0.29, 0.717) is 17.8 Å². The number of nitrogens with one attached hydrogen (secondary N) is 1. The van der Waals surface area contributed by atoms with Gasteiger partial charge in [0.25, 0.3) is 5.69 Å². The number of nitro groups is 1. The van der Waals surface area contributed by atoms with Gasteiger partial charge < -0.3 is 15.5 Å². The van der Waals surface area contributed by atoms with Gasteiger partial charge in [-0.1, -0.05) is 6.07 Å². The van der Waals surface area contributed by atoms with Gasteiger partial charge in [-0.05, 0) is 24.6 Å². The van der Waals surface area contributed by atoms with Crippen molar-refractivity contribution in [1.29, 1.82) is 0 Å². The Bertz CT molecular complexity index is 656. The van der Waals surface area contributed by atoms with Crippen LogP contribution in [0.5, 0.6) is 11.5 Å². The third-order valence-corrected chi connectivity index (χ3v) is 2.97. The molecule has 20 heavy (non-hydrogen) atoms. The molecule has 0 aliphatic carbocycles. The first-order valence-corrected chi connectivity index (χ1v) is 5.97. The lowest BCUT2D eigenvalue weighted by atomic mass is 10.1. The van der Waals surface area contributed by atoms with Gasteiger partial charge in [-0.25, -0.2) is 0 Å². The van der Waals surface area contributed by atoms with E-state index in [0.717, 1.165) is 5.56 Å². The van der Waals surface area contributed by atoms with E-state index < -0.39 is 4.92 Å². The largest absolute Gasteiger partial charge is 0.508 e. The zero-order valence-corrected chi connectivity index (χ0v) is 10.8. The second-order valence-corrected chi connectivity index (χ2v) is 4.42. The van der Waals surface area contributed by atoms with E-state index in [2.05, 4.69) is 5.32 Å². The van der Waals surface area contributed by atoms with Gasteiger partial charge in [0, 0.05) is 36.0 Å². The van der Waals surface area contributed by atoms with Crippen LogP contribution >= 0.6 is 0 Å². The summed E-state index contributed by atoms with van der Waals surface area (Å²) in [5, 5.41) is 32.7. The Hall–Kier alpha value is -2.76. The van der Waals surface area contributed by atoms with Gasteiger partial charge in [-0.3, -0.25) is 10.1 Å². The van der Waals surface area contributed by atoms with Crippen molar-refractivity contribution in [3.8, 4) is 11.5 Å². The van der Waals surface area contributed by atoms with Crippen LogP contribution < -0.4 is 5.32 Å². The van der Waals surface area contributed by atoms with Crippen LogP contribution in [0.25, 0.3) is 0 Å². The standard InChI is InChI=1S/C14H14N2O4/c1-9-2-4-11(16(19)20)6-13(9)15-8-10-3-5-12(17)7-14(10)18/h2-7,15,17-18H,8H2,1H3. The fraction of sp³-hybridized carbons (Fsp3) is 0.143. The molecular weight excluding hydrogens is 260 g/mol. The summed E-state index contributed by atoms with van der Waals surface area (Å²) >= 11 is 0. The summed E-state index contributed by atoms with van der Waals surface area (Å²) in [7, 11) is 0. The number of rotatable bonds is 4. The third-order valence-electron chi connectivity index (χ3n) is 2.97. The number of hydrogen-bond acceptors (Lipinski definition) is 5. The van der Waals surface area contributed by atoms with Gasteiger partial charge in [-0.15, -0.1) is 0 Å². The highest BCUT2D eigenvalue weighted by atomic mass is 16.6. The second-order valence-electron chi connectivity index (χ2n) is 4.42. The van der Waals surface area contributed by atoms with E-state index in [9.17, 15) is 20.3 Å². The lowest BCUT2D eigenvalue weighted by molar-refractivity contribution is -0.384. The molecule has 0 fully saturated rings. The van der Waals surface area contributed by atoms with E-state index in [1.54, 1.807) is 12.1 Å². The number of hydrogen-bond donors (Lipinski definition) is 3. The highest BCUT2D eigenvalue weighted by Crippen LogP contribution is 2.26. The van der Waals surface area contributed by atoms with Crippen LogP contribution in [-0.2, 0) is 6.54 Å². The molecule has 0 amide bonds. The van der Waals surface area contributed by atoms with Crippen LogP contribution in [0.3, 0.4) is 0 Å². The van der Waals surface area contributed by atoms with Crippen molar-refractivity contribution in [2.45, 2.75) is 13.5 Å². The Labute approximate surface area is 115 Å². The van der Waals surface area contributed by atoms with Gasteiger partial charge in [0.1, 0.15) is 11.5 Å². The fourth-order valence-electron chi connectivity index (χ4n) is 1.81. The average Bonchev–Trinajstić information content (AvgIpc) is 2.39. The number of phenols is 2. The topological polar surface area (TPSA) is 95.6 Å². The Morgan fingerprint density at radius 2 is 1.95 bits per heavy atom. The van der Waals surface area contributed by atoms with Crippen molar-refractivity contribution in [2.24, 2.45) is 0 Å². The maximum Gasteiger partial charge on any atom is 0.271 e. The lowest BCUT2D eigenvalue weighted by Gasteiger charge is -2.10. The number of anilines is 1. The van der Waals surface area contributed by atoms with Gasteiger partial charge in [0.05, 0.1) is 4.92 Å². The predicted octanol–water partition coefficient (Wildman–Crippen LogP) is 2.93. The first kappa shape index (κ1) is 13.7. The number of non-ortho nitro benzene ring substituents is 1. The molecule has 104 valence electrons. The van der Waals surface area contributed by atoms with Crippen molar-refractivity contribution >= 4 is 11.4 Å². The Morgan fingerprint density at radius 3 is 2.60 bits per heavy atom. The summed E-state index contributed by atoms with van der Waals surface area (Å²) < 4.78 is 0. The van der Waals surface area contributed by atoms with Crippen LogP contribution in [0, 0.1) is 17.0 Å². The molecule has 0 atom stereocenters. The highest BCUT2D eigenvalue weighted by molar-refractivity contribution is 5.57. The second kappa shape index (κ2) is 5.48. The summed E-state index contributed by atoms with van der Waals surface area (Å²) in [6.07, 6.45) is 0. The summed E-state index contributed by atoms with van der Waals surface area (Å²) in [6.45, 7) is 2.14. The molecule has 0 saturated carbocycles. The normalized spacial score (nSPS) is 10.2. The Balaban J connectivity index is 2.18. The minimum absolute atomic E-state index is 0.00743. The number of nitrogens with zero attached hydrogens (tertiary/aromatic N) is 1. The minimum Gasteiger partial charge on any atom is -0.508 e. The van der Waals surface area contributed by atoms with E-state index in [4.69, 9.17) is 0 Å². The lowest BCUT2D eigenvalue weighted by Crippen LogP contribution is -2.02. The molecule has 6 nitrogen and oxygen atoms in total. The quantitative estimate of drug-likeness (QED) is 0.588. The molecule has 2 rings (SSSR count). The van der Waals surface area contributed by atoms with Crippen LogP contribution in [0.2, 0.25) is 0 Å². The average molecular weight is 274 g/mol. The molecule has 0 bridgehead atoms. The van der Waals surface area contributed by atoms with E-state index in [1.807, 2.05) is 6.92 Å². The predicted molar refractivity (Wildman–Crippen MR) is 74.9 cm³/mol. The van der Waals surface area contributed by atoms with Crippen LogP contribution in [0.4, 0.5) is 11.4 Å². The van der Waals surface area contributed by atoms with Crippen LogP contribution in [0.1, 0.15) is 11.1 Å². The summed E-state index contributed by atoms with van der Waals surface area (Å²) in [6, 6.07) is 8.86. The van der Waals surface area contributed by atoms with Crippen molar-refractivity contribution < 1.29 is 15.1 Å². The molecule has 0 unspecified atom stereocenters. The Morgan fingerprint density at radius 1 is 1.20 bits per heavy atom. The first-order valence-electron chi connectivity index (χ1n) is 5.97. The van der Waals surface area contributed by atoms with E-state index >= 15 is 0 Å². The van der Waals surface area contributed by atoms with E-state index in [1.165, 1.54) is 24.3 Å². The molecular formula is C14H14N2O4. The van der Waals surface area contributed by atoms with Gasteiger partial charge in [0.2, 0.25) is 0 Å². The van der Waals surface area contributed by atoms with Crippen molar-refractivity contribution in [1.82, 2.24) is 0 Å². The van der Waals surface area contributed by atoms with Crippen molar-refractivity contribution in [3.05, 3.63) is 57.6 Å². The number of aromatic hydroxyl groups is 2. The Kier molecular flexibility index (Phi) is 3.74. The van der Waals surface area contributed by atoms with Crippen LogP contribution in [0.15, 0.2) is 36.4 Å². The fourth-order valence-corrected chi connectivity index (χ4v) is 1.81. The molecule has 6 heteroatoms. The first-order chi connectivity index (χ1) is 9.47. The molecule has 2 aromatic carbocycles. The van der Waals surface area contributed by atoms with E-state index in [-0.39, 0.29) is 17.2 Å². The third kappa shape index (κ3) is 2.97. The number of phenolic OH excluding ortho intramolecular Hbond substituents is 2. The smallest absolute Gasteiger partial charge is 0.271 e. The summed E-state index contributed by atoms with van der Waals surface area (Å²) in [5.41, 5.74) is 2.10. The summed E-state index contributed by atoms with van der Waals surface area (Å²) in [5.74, 6) is -0.0432. The summed E-state index contributed by atoms with van der Waals surface area (Å²) in [4.78, 5) is 10.3. The molecule has 0 aliphatic heterocycles. The van der Waals surface area contributed by atoms with Crippen LogP contribution in [-0.4, -0.2) is 15.1 Å². The molecule has 0 saturated heterocycles. The molecule has 0 aromatic heterocycles. The maximum atomic E-state index is 10.7. The van der Waals surface area contributed by atoms with Crippen molar-refractivity contribution in [3.63, 3.8) is 0 Å². The molecule has 2 aromatic rings. The molecule has 0 spiro atoms. The van der Waals surface area contributed by atoms with Gasteiger partial charge in [-0.2, -0.15) is 0 Å². The monoisotopic (exact) mass is 274 g/mol. The molecule has 0 radical (unpaired) electrons. The van der Waals surface area contributed by atoms with Gasteiger partial charge >= 0.3 is 0 Å². The minimum atomic E-state index is -0.456. The number of nitro benzene ring substituents is 1. The highest BCUT2D eigenvalue weighted by Gasteiger charge is 2.09. The van der Waals surface area contributed by atoms with Gasteiger partial charge in [0.15, 0.2) is 0 Å². The molecule has 0 heterocycles. The number of aryl methyl sites for hydroxylation is 1. The zero-order valence-electron chi connectivity index (χ0n) is 10.8. The maximum absolute atomic E-state index is 10.7. The molecule has 3 N–H and O–H groups in total. The SMILES string of the molecule is Cc1ccc([N+](=O)[O-])cc1NCc1ccc(O)cc1O. The molecule has 0 aliphatic rings.